The Bertz CT molecular complexity index is 685. The molecule has 0 radical (unpaired) electrons. The summed E-state index contributed by atoms with van der Waals surface area (Å²) in [6, 6.07) is 0.260. The first-order valence-corrected chi connectivity index (χ1v) is 7.22. The van der Waals surface area contributed by atoms with E-state index in [-0.39, 0.29) is 6.04 Å². The zero-order chi connectivity index (χ0) is 15.0. The predicted molar refractivity (Wildman–Crippen MR) is 83.7 cm³/mol. The molecule has 0 aromatic carbocycles. The number of fused-ring (bicyclic) bond motifs is 1. The molecule has 3 rings (SSSR count). The van der Waals surface area contributed by atoms with Gasteiger partial charge in [-0.15, -0.1) is 0 Å². The molecule has 1 fully saturated rings. The fourth-order valence-corrected chi connectivity index (χ4v) is 2.89. The highest BCUT2D eigenvalue weighted by atomic mass is 16.1. The van der Waals surface area contributed by atoms with Crippen molar-refractivity contribution in [2.24, 2.45) is 11.7 Å². The summed E-state index contributed by atoms with van der Waals surface area (Å²) in [5.74, 6) is 0.0298. The van der Waals surface area contributed by atoms with Crippen molar-refractivity contribution in [3.8, 4) is 0 Å². The van der Waals surface area contributed by atoms with Crippen LogP contribution >= 0.6 is 0 Å². The highest BCUT2D eigenvalue weighted by Crippen LogP contribution is 2.24. The Morgan fingerprint density at radius 1 is 1.62 bits per heavy atom. The lowest BCUT2D eigenvalue weighted by Crippen LogP contribution is -2.30. The van der Waals surface area contributed by atoms with E-state index in [0.717, 1.165) is 25.1 Å². The van der Waals surface area contributed by atoms with E-state index >= 15 is 0 Å². The first-order chi connectivity index (χ1) is 10.1. The Morgan fingerprint density at radius 2 is 2.43 bits per heavy atom. The molecule has 2 atom stereocenters. The van der Waals surface area contributed by atoms with Crippen molar-refractivity contribution in [1.29, 1.82) is 0 Å². The molecule has 1 amide bonds. The van der Waals surface area contributed by atoms with Gasteiger partial charge in [0.25, 0.3) is 5.91 Å². The number of anilines is 1. The lowest BCUT2D eigenvalue weighted by Gasteiger charge is -2.21. The quantitative estimate of drug-likeness (QED) is 0.594. The number of nitrogens with two attached hydrogens (primary N) is 1. The number of imidazole rings is 1. The van der Waals surface area contributed by atoms with E-state index < -0.39 is 5.91 Å². The zero-order valence-corrected chi connectivity index (χ0v) is 12.3. The second-order valence-corrected chi connectivity index (χ2v) is 5.53. The summed E-state index contributed by atoms with van der Waals surface area (Å²) in [4.78, 5) is 16.1. The standard InChI is InChI=1S/C13H19BN6O/c1-2-7-3-16-5-9(7)18-11-8(12(15)21)4-17-20-6-10(14)19-13(11)20/h4,6-7,9,16,18H,2-3,5,14H2,1H3,(H2,15,21)/t7-,9+/m0/s1. The summed E-state index contributed by atoms with van der Waals surface area (Å²) in [7, 11) is 1.90. The van der Waals surface area contributed by atoms with Gasteiger partial charge in [0.05, 0.1) is 17.4 Å². The second kappa shape index (κ2) is 5.36. The Labute approximate surface area is 123 Å². The third-order valence-electron chi connectivity index (χ3n) is 4.07. The minimum atomic E-state index is -0.493. The smallest absolute Gasteiger partial charge is 0.252 e. The van der Waals surface area contributed by atoms with E-state index in [0.29, 0.717) is 22.8 Å². The number of carbonyl (C=O) groups is 1. The van der Waals surface area contributed by atoms with Crippen molar-refractivity contribution >= 4 is 30.7 Å². The summed E-state index contributed by atoms with van der Waals surface area (Å²) >= 11 is 0. The lowest BCUT2D eigenvalue weighted by molar-refractivity contribution is 0.100. The summed E-state index contributed by atoms with van der Waals surface area (Å²) < 4.78 is 1.67. The molecular formula is C13H19BN6O. The molecule has 8 heteroatoms. The highest BCUT2D eigenvalue weighted by molar-refractivity contribution is 6.30. The first kappa shape index (κ1) is 13.9. The van der Waals surface area contributed by atoms with Crippen LogP contribution < -0.4 is 22.0 Å². The number of amides is 1. The van der Waals surface area contributed by atoms with Crippen LogP contribution in [0.5, 0.6) is 0 Å². The number of nitrogens with zero attached hydrogens (tertiary/aromatic N) is 3. The summed E-state index contributed by atoms with van der Waals surface area (Å²) in [6.45, 7) is 4.02. The van der Waals surface area contributed by atoms with Crippen LogP contribution in [0.15, 0.2) is 12.4 Å². The van der Waals surface area contributed by atoms with Gasteiger partial charge in [0.15, 0.2) is 13.5 Å². The summed E-state index contributed by atoms with van der Waals surface area (Å²) in [6.07, 6.45) is 4.41. The molecule has 1 aliphatic heterocycles. The van der Waals surface area contributed by atoms with Gasteiger partial charge in [0, 0.05) is 30.9 Å². The average molecular weight is 286 g/mol. The largest absolute Gasteiger partial charge is 0.377 e. The maximum absolute atomic E-state index is 11.7. The number of hydrogen-bond acceptors (Lipinski definition) is 5. The Balaban J connectivity index is 2.05. The van der Waals surface area contributed by atoms with Crippen molar-refractivity contribution < 1.29 is 4.79 Å². The highest BCUT2D eigenvalue weighted by Gasteiger charge is 2.27. The van der Waals surface area contributed by atoms with Gasteiger partial charge in [-0.25, -0.2) is 9.50 Å². The fraction of sp³-hybridized carbons (Fsp3) is 0.462. The summed E-state index contributed by atoms with van der Waals surface area (Å²) in [5, 5.41) is 11.0. The van der Waals surface area contributed by atoms with Gasteiger partial charge < -0.3 is 16.4 Å². The van der Waals surface area contributed by atoms with Crippen molar-refractivity contribution in [3.63, 3.8) is 0 Å². The first-order valence-electron chi connectivity index (χ1n) is 7.22. The molecule has 2 aromatic heterocycles. The molecule has 0 aliphatic carbocycles. The molecular weight excluding hydrogens is 267 g/mol. The molecule has 3 heterocycles. The third-order valence-corrected chi connectivity index (χ3v) is 4.07. The Hall–Kier alpha value is -2.09. The predicted octanol–water partition coefficient (Wildman–Crippen LogP) is -1.50. The maximum atomic E-state index is 11.7. The van der Waals surface area contributed by atoms with Crippen LogP contribution in [0.3, 0.4) is 0 Å². The van der Waals surface area contributed by atoms with Crippen LogP contribution in [0.1, 0.15) is 23.7 Å². The maximum Gasteiger partial charge on any atom is 0.252 e. The number of rotatable bonds is 4. The number of carbonyl (C=O) groups excluding carboxylic acids is 1. The van der Waals surface area contributed by atoms with Crippen molar-refractivity contribution in [2.75, 3.05) is 18.4 Å². The monoisotopic (exact) mass is 286 g/mol. The van der Waals surface area contributed by atoms with E-state index in [2.05, 4.69) is 27.6 Å². The zero-order valence-electron chi connectivity index (χ0n) is 12.3. The minimum absolute atomic E-state index is 0.260. The summed E-state index contributed by atoms with van der Waals surface area (Å²) in [5.41, 5.74) is 8.04. The SMILES string of the molecule is Bc1cn2ncc(C(N)=O)c(N[C@@H]3CNC[C@@H]3CC)c2n1. The molecule has 2 aromatic rings. The number of hydrogen-bond donors (Lipinski definition) is 3. The lowest BCUT2D eigenvalue weighted by atomic mass is 10.0. The van der Waals surface area contributed by atoms with Crippen LogP contribution in [-0.2, 0) is 0 Å². The van der Waals surface area contributed by atoms with E-state index in [1.807, 2.05) is 14.0 Å². The van der Waals surface area contributed by atoms with Gasteiger partial charge in [-0.3, -0.25) is 4.79 Å². The molecule has 1 saturated heterocycles. The third kappa shape index (κ3) is 2.46. The Kier molecular flexibility index (Phi) is 3.54. The minimum Gasteiger partial charge on any atom is -0.377 e. The molecule has 0 saturated carbocycles. The van der Waals surface area contributed by atoms with Crippen molar-refractivity contribution in [3.05, 3.63) is 18.0 Å². The van der Waals surface area contributed by atoms with Crippen LogP contribution in [0.2, 0.25) is 0 Å². The van der Waals surface area contributed by atoms with Gasteiger partial charge in [-0.1, -0.05) is 13.3 Å². The molecule has 0 spiro atoms. The van der Waals surface area contributed by atoms with Gasteiger partial charge in [-0.2, -0.15) is 5.10 Å². The van der Waals surface area contributed by atoms with E-state index in [1.54, 1.807) is 4.52 Å². The number of nitrogens with one attached hydrogen (secondary N) is 2. The molecule has 0 unspecified atom stereocenters. The van der Waals surface area contributed by atoms with Gasteiger partial charge in [-0.05, 0) is 5.92 Å². The van der Waals surface area contributed by atoms with Gasteiger partial charge in [0.1, 0.15) is 0 Å². The van der Waals surface area contributed by atoms with Gasteiger partial charge >= 0.3 is 0 Å². The molecule has 110 valence electrons. The van der Waals surface area contributed by atoms with E-state index in [4.69, 9.17) is 5.73 Å². The molecule has 4 N–H and O–H groups in total. The fourth-order valence-electron chi connectivity index (χ4n) is 2.89. The second-order valence-electron chi connectivity index (χ2n) is 5.53. The van der Waals surface area contributed by atoms with E-state index in [9.17, 15) is 4.79 Å². The van der Waals surface area contributed by atoms with Crippen LogP contribution in [0, 0.1) is 5.92 Å². The topological polar surface area (TPSA) is 97.3 Å². The Morgan fingerprint density at radius 3 is 3.14 bits per heavy atom. The van der Waals surface area contributed by atoms with Crippen molar-refractivity contribution in [2.45, 2.75) is 19.4 Å². The molecule has 1 aliphatic rings. The van der Waals surface area contributed by atoms with E-state index in [1.165, 1.54) is 6.20 Å². The van der Waals surface area contributed by atoms with Crippen LogP contribution in [0.25, 0.3) is 5.65 Å². The average Bonchev–Trinajstić information content (AvgIpc) is 3.03. The van der Waals surface area contributed by atoms with Crippen LogP contribution in [-0.4, -0.2) is 47.5 Å². The van der Waals surface area contributed by atoms with Gasteiger partial charge in [0.2, 0.25) is 0 Å². The normalized spacial score (nSPS) is 21.8. The van der Waals surface area contributed by atoms with Crippen molar-refractivity contribution in [1.82, 2.24) is 19.9 Å². The number of aromatic nitrogens is 3. The number of primary amides is 1. The van der Waals surface area contributed by atoms with Crippen LogP contribution in [0.4, 0.5) is 5.69 Å². The molecule has 0 bridgehead atoms. The molecule has 21 heavy (non-hydrogen) atoms. The molecule has 7 nitrogen and oxygen atoms in total.